The summed E-state index contributed by atoms with van der Waals surface area (Å²) in [5, 5.41) is 0. The topological polar surface area (TPSA) is 66.9 Å². The summed E-state index contributed by atoms with van der Waals surface area (Å²) < 4.78 is 33.2. The number of carbonyl (C=O) groups excluding carboxylic acids is 1. The molecule has 1 aliphatic rings. The number of aryl methyl sites for hydroxylation is 2. The normalized spacial score (nSPS) is 16.7. The molecule has 0 aromatic heterocycles. The summed E-state index contributed by atoms with van der Waals surface area (Å²) in [6, 6.07) is 12.9. The summed E-state index contributed by atoms with van der Waals surface area (Å²) in [7, 11) is -0.127. The largest absolute Gasteiger partial charge is 0.496 e. The molecule has 6 nitrogen and oxygen atoms in total. The molecular weight excluding hydrogens is 412 g/mol. The van der Waals surface area contributed by atoms with Crippen LogP contribution in [0.1, 0.15) is 42.5 Å². The van der Waals surface area contributed by atoms with Crippen LogP contribution in [0.3, 0.4) is 0 Å². The van der Waals surface area contributed by atoms with Crippen LogP contribution in [-0.4, -0.2) is 50.8 Å². The van der Waals surface area contributed by atoms with Crippen molar-refractivity contribution >= 4 is 15.9 Å². The highest BCUT2D eigenvalue weighted by molar-refractivity contribution is 7.89. The van der Waals surface area contributed by atoms with E-state index >= 15 is 0 Å². The van der Waals surface area contributed by atoms with Gasteiger partial charge in [-0.2, -0.15) is 4.31 Å². The van der Waals surface area contributed by atoms with Gasteiger partial charge in [0.15, 0.2) is 0 Å². The molecule has 1 aliphatic heterocycles. The van der Waals surface area contributed by atoms with Gasteiger partial charge in [-0.1, -0.05) is 35.9 Å². The van der Waals surface area contributed by atoms with Crippen LogP contribution < -0.4 is 4.74 Å². The third-order valence-electron chi connectivity index (χ3n) is 6.27. The number of para-hydroxylation sites is 1. The zero-order valence-electron chi connectivity index (χ0n) is 19.0. The lowest BCUT2D eigenvalue weighted by atomic mass is 9.95. The summed E-state index contributed by atoms with van der Waals surface area (Å²) in [6.45, 7) is 6.45. The van der Waals surface area contributed by atoms with Gasteiger partial charge in [0.1, 0.15) is 5.75 Å². The van der Waals surface area contributed by atoms with Gasteiger partial charge in [-0.15, -0.1) is 0 Å². The first kappa shape index (κ1) is 23.3. The Labute approximate surface area is 185 Å². The highest BCUT2D eigenvalue weighted by atomic mass is 32.2. The highest BCUT2D eigenvalue weighted by Crippen LogP contribution is 2.31. The molecule has 0 bridgehead atoms. The van der Waals surface area contributed by atoms with Gasteiger partial charge in [0.05, 0.1) is 18.0 Å². The van der Waals surface area contributed by atoms with Crippen LogP contribution >= 0.6 is 0 Å². The Morgan fingerprint density at radius 1 is 1.13 bits per heavy atom. The van der Waals surface area contributed by atoms with E-state index in [4.69, 9.17) is 4.74 Å². The van der Waals surface area contributed by atoms with Gasteiger partial charge in [0.25, 0.3) is 0 Å². The van der Waals surface area contributed by atoms with E-state index in [0.29, 0.717) is 30.8 Å². The minimum absolute atomic E-state index is 0.0435. The van der Waals surface area contributed by atoms with E-state index in [1.807, 2.05) is 57.2 Å². The minimum Gasteiger partial charge on any atom is -0.496 e. The second-order valence-electron chi connectivity index (χ2n) is 8.31. The average Bonchev–Trinajstić information content (AvgIpc) is 2.77. The second kappa shape index (κ2) is 9.40. The van der Waals surface area contributed by atoms with Gasteiger partial charge < -0.3 is 9.64 Å². The Balaban J connectivity index is 1.68. The van der Waals surface area contributed by atoms with E-state index in [1.165, 1.54) is 4.31 Å². The molecule has 0 N–H and O–H groups in total. The molecule has 1 unspecified atom stereocenters. The van der Waals surface area contributed by atoms with Crippen molar-refractivity contribution in [1.29, 1.82) is 0 Å². The number of hydrogen-bond acceptors (Lipinski definition) is 4. The first-order valence-electron chi connectivity index (χ1n) is 10.6. The number of amides is 1. The maximum Gasteiger partial charge on any atom is 0.243 e. The molecule has 31 heavy (non-hydrogen) atoms. The molecule has 7 heteroatoms. The van der Waals surface area contributed by atoms with Crippen LogP contribution in [0, 0.1) is 19.8 Å². The molecule has 1 saturated heterocycles. The first-order valence-corrected chi connectivity index (χ1v) is 12.1. The molecule has 2 aromatic carbocycles. The maximum absolute atomic E-state index is 13.1. The monoisotopic (exact) mass is 444 g/mol. The number of methoxy groups -OCH3 is 1. The average molecular weight is 445 g/mol. The number of sulfonamides is 1. The summed E-state index contributed by atoms with van der Waals surface area (Å²) in [5.74, 6) is 0.610. The van der Waals surface area contributed by atoms with E-state index in [1.54, 1.807) is 25.1 Å². The number of rotatable bonds is 6. The lowest BCUT2D eigenvalue weighted by molar-refractivity contribution is -0.137. The van der Waals surface area contributed by atoms with E-state index in [9.17, 15) is 13.2 Å². The molecule has 1 fully saturated rings. The molecule has 0 saturated carbocycles. The van der Waals surface area contributed by atoms with Gasteiger partial charge >= 0.3 is 0 Å². The molecule has 3 rings (SSSR count). The molecule has 0 spiro atoms. The quantitative estimate of drug-likeness (QED) is 0.677. The van der Waals surface area contributed by atoms with Gasteiger partial charge in [-0.25, -0.2) is 8.42 Å². The molecule has 2 aromatic rings. The first-order chi connectivity index (χ1) is 14.7. The number of nitrogens with zero attached hydrogens (tertiary/aromatic N) is 2. The predicted molar refractivity (Wildman–Crippen MR) is 122 cm³/mol. The zero-order chi connectivity index (χ0) is 22.8. The Morgan fingerprint density at radius 2 is 1.77 bits per heavy atom. The summed E-state index contributed by atoms with van der Waals surface area (Å²) in [4.78, 5) is 15.2. The van der Waals surface area contributed by atoms with Crippen molar-refractivity contribution in [2.45, 2.75) is 44.6 Å². The Morgan fingerprint density at radius 3 is 2.39 bits per heavy atom. The lowest BCUT2D eigenvalue weighted by Gasteiger charge is -2.35. The Bertz CT molecular complexity index is 1040. The van der Waals surface area contributed by atoms with Crippen LogP contribution in [0.5, 0.6) is 5.75 Å². The molecular formula is C24H32N2O4S. The van der Waals surface area contributed by atoms with Crippen molar-refractivity contribution in [1.82, 2.24) is 9.21 Å². The van der Waals surface area contributed by atoms with Gasteiger partial charge in [0, 0.05) is 31.6 Å². The lowest BCUT2D eigenvalue weighted by Crippen LogP contribution is -2.44. The second-order valence-corrected chi connectivity index (χ2v) is 10.2. The van der Waals surface area contributed by atoms with Crippen LogP contribution in [0.4, 0.5) is 0 Å². The van der Waals surface area contributed by atoms with Gasteiger partial charge in [-0.05, 0) is 51.3 Å². The fourth-order valence-corrected chi connectivity index (χ4v) is 5.95. The van der Waals surface area contributed by atoms with Gasteiger partial charge in [-0.3, -0.25) is 4.79 Å². The number of piperidine rings is 1. The van der Waals surface area contributed by atoms with E-state index in [2.05, 4.69) is 0 Å². The molecule has 1 atom stereocenters. The summed E-state index contributed by atoms with van der Waals surface area (Å²) >= 11 is 0. The van der Waals surface area contributed by atoms with E-state index < -0.39 is 10.0 Å². The molecule has 0 radical (unpaired) electrons. The maximum atomic E-state index is 13.1. The molecule has 1 heterocycles. The Hall–Kier alpha value is -2.38. The number of carbonyl (C=O) groups is 1. The van der Waals surface area contributed by atoms with Crippen molar-refractivity contribution in [2.75, 3.05) is 27.2 Å². The van der Waals surface area contributed by atoms with Crippen LogP contribution in [0.25, 0.3) is 0 Å². The smallest absolute Gasteiger partial charge is 0.243 e. The summed E-state index contributed by atoms with van der Waals surface area (Å²) in [6.07, 6.45) is 1.04. The molecule has 168 valence electrons. The summed E-state index contributed by atoms with van der Waals surface area (Å²) in [5.41, 5.74) is 2.74. The standard InChI is InChI=1S/C24H32N2O4S/c1-17-10-11-23(18(2)16-17)31(28,29)26-14-12-20(13-15-26)24(27)25(4)19(3)21-8-6-7-9-22(21)30-5/h6-11,16,19-20H,12-15H2,1-5H3. The van der Waals surface area contributed by atoms with Crippen molar-refractivity contribution in [2.24, 2.45) is 5.92 Å². The van der Waals surface area contributed by atoms with Crippen LogP contribution in [0.15, 0.2) is 47.4 Å². The fraction of sp³-hybridized carbons (Fsp3) is 0.458. The van der Waals surface area contributed by atoms with Crippen molar-refractivity contribution in [3.8, 4) is 5.75 Å². The number of ether oxygens (including phenoxy) is 1. The minimum atomic E-state index is -3.56. The SMILES string of the molecule is COc1ccccc1C(C)N(C)C(=O)C1CCN(S(=O)(=O)c2ccc(C)cc2C)CC1. The highest BCUT2D eigenvalue weighted by Gasteiger charge is 2.35. The fourth-order valence-electron chi connectivity index (χ4n) is 4.27. The van der Waals surface area contributed by atoms with Gasteiger partial charge in [0.2, 0.25) is 15.9 Å². The Kier molecular flexibility index (Phi) is 7.06. The van der Waals surface area contributed by atoms with E-state index in [0.717, 1.165) is 22.4 Å². The van der Waals surface area contributed by atoms with E-state index in [-0.39, 0.29) is 17.9 Å². The third kappa shape index (κ3) is 4.77. The molecule has 1 amide bonds. The van der Waals surface area contributed by atoms with Crippen LogP contribution in [0.2, 0.25) is 0 Å². The van der Waals surface area contributed by atoms with Crippen LogP contribution in [-0.2, 0) is 14.8 Å². The third-order valence-corrected chi connectivity index (χ3v) is 8.33. The molecule has 0 aliphatic carbocycles. The number of benzene rings is 2. The van der Waals surface area contributed by atoms with Crippen molar-refractivity contribution in [3.05, 3.63) is 59.2 Å². The van der Waals surface area contributed by atoms with Crippen molar-refractivity contribution < 1.29 is 17.9 Å². The predicted octanol–water partition coefficient (Wildman–Crippen LogP) is 3.93. The number of hydrogen-bond donors (Lipinski definition) is 0. The van der Waals surface area contributed by atoms with Crippen molar-refractivity contribution in [3.63, 3.8) is 0 Å². The zero-order valence-corrected chi connectivity index (χ0v) is 19.8.